The Labute approximate surface area is 182 Å². The van der Waals surface area contributed by atoms with E-state index in [1.165, 1.54) is 36.7 Å². The maximum atomic E-state index is 13.1. The van der Waals surface area contributed by atoms with Crippen LogP contribution in [0.2, 0.25) is 0 Å². The number of thiazole rings is 1. The lowest BCUT2D eigenvalue weighted by Gasteiger charge is -2.31. The van der Waals surface area contributed by atoms with Crippen molar-refractivity contribution in [3.63, 3.8) is 0 Å². The van der Waals surface area contributed by atoms with Gasteiger partial charge < -0.3 is 9.84 Å². The summed E-state index contributed by atoms with van der Waals surface area (Å²) in [6.45, 7) is 1.83. The number of anilines is 1. The number of aryl methyl sites for hydroxylation is 1. The van der Waals surface area contributed by atoms with Gasteiger partial charge in [0, 0.05) is 41.6 Å². The van der Waals surface area contributed by atoms with Crippen LogP contribution in [0.3, 0.4) is 0 Å². The third kappa shape index (κ3) is 3.90. The van der Waals surface area contributed by atoms with Gasteiger partial charge >= 0.3 is 0 Å². The average molecular weight is 459 g/mol. The molecule has 11 heteroatoms. The number of ether oxygens (including phenoxy) is 1. The summed E-state index contributed by atoms with van der Waals surface area (Å²) in [6.07, 6.45) is 3.07. The topological polar surface area (TPSA) is 122 Å². The summed E-state index contributed by atoms with van der Waals surface area (Å²) in [7, 11) is -2.75. The van der Waals surface area contributed by atoms with Crippen LogP contribution in [0.4, 0.5) is 5.13 Å². The number of rotatable bonds is 5. The van der Waals surface area contributed by atoms with E-state index in [4.69, 9.17) is 4.74 Å². The molecule has 0 fully saturated rings. The summed E-state index contributed by atoms with van der Waals surface area (Å²) in [5.74, 6) is -0.807. The molecule has 4 rings (SSSR count). The lowest BCUT2D eigenvalue weighted by atomic mass is 10.1. The fraction of sp³-hybridized carbons (Fsp3) is 0.150. The summed E-state index contributed by atoms with van der Waals surface area (Å²) in [6, 6.07) is 9.36. The molecule has 0 bridgehead atoms. The molecule has 2 aromatic heterocycles. The second kappa shape index (κ2) is 8.10. The first-order valence-electron chi connectivity index (χ1n) is 9.10. The highest BCUT2D eigenvalue weighted by atomic mass is 32.2. The zero-order valence-corrected chi connectivity index (χ0v) is 18.1. The molecule has 0 saturated carbocycles. The molecule has 0 radical (unpaired) electrons. The van der Waals surface area contributed by atoms with Gasteiger partial charge in [0.2, 0.25) is 6.29 Å². The first kappa shape index (κ1) is 21.0. The van der Waals surface area contributed by atoms with Gasteiger partial charge in [-0.2, -0.15) is 0 Å². The lowest BCUT2D eigenvalue weighted by Crippen LogP contribution is -2.37. The number of fused-ring (bicyclic) bond motifs is 1. The van der Waals surface area contributed by atoms with Crippen molar-refractivity contribution in [3.05, 3.63) is 76.7 Å². The summed E-state index contributed by atoms with van der Waals surface area (Å²) in [5, 5.41) is 13.5. The number of nitrogens with zero attached hydrogens (tertiary/aromatic N) is 3. The van der Waals surface area contributed by atoms with Crippen molar-refractivity contribution < 1.29 is 23.1 Å². The number of carbonyl (C=O) groups is 1. The van der Waals surface area contributed by atoms with Crippen molar-refractivity contribution in [2.75, 3.05) is 12.4 Å². The number of hydrogen-bond acceptors (Lipinski definition) is 8. The molecule has 2 N–H and O–H groups in total. The Kier molecular flexibility index (Phi) is 5.48. The Morgan fingerprint density at radius 3 is 2.68 bits per heavy atom. The summed E-state index contributed by atoms with van der Waals surface area (Å²) in [4.78, 5) is 22.0. The molecule has 0 saturated heterocycles. The number of pyridine rings is 1. The van der Waals surface area contributed by atoms with Gasteiger partial charge in [0.25, 0.3) is 15.9 Å². The molecule has 9 nitrogen and oxygen atoms in total. The molecule has 1 aromatic carbocycles. The molecular formula is C20H18N4O5S2. The van der Waals surface area contributed by atoms with Crippen molar-refractivity contribution in [2.45, 2.75) is 18.1 Å². The van der Waals surface area contributed by atoms with E-state index in [1.54, 1.807) is 36.7 Å². The zero-order chi connectivity index (χ0) is 22.2. The van der Waals surface area contributed by atoms with Gasteiger partial charge in [-0.3, -0.25) is 19.4 Å². The van der Waals surface area contributed by atoms with E-state index in [0.29, 0.717) is 10.7 Å². The number of aliphatic hydroxyl groups is 1. The third-order valence-electron chi connectivity index (χ3n) is 4.56. The van der Waals surface area contributed by atoms with Crippen molar-refractivity contribution in [1.82, 2.24) is 14.3 Å². The van der Waals surface area contributed by atoms with Gasteiger partial charge in [-0.25, -0.2) is 13.4 Å². The normalized spacial score (nSPS) is 15.9. The molecule has 0 spiro atoms. The van der Waals surface area contributed by atoms with Crippen molar-refractivity contribution in [1.29, 1.82) is 0 Å². The smallest absolute Gasteiger partial charge is 0.278 e. The number of amides is 1. The Morgan fingerprint density at radius 2 is 2.00 bits per heavy atom. The SMILES string of the molecule is Cc1cnc(NC(=O)C2=C(OC(O)c3cccnc3)c3ccccc3S(=O)(=O)N2C)s1. The number of likely N-dealkylation sites (N-methyl/N-ethyl adjacent to an activating group) is 1. The minimum Gasteiger partial charge on any atom is -0.458 e. The number of aliphatic hydroxyl groups excluding tert-OH is 1. The van der Waals surface area contributed by atoms with E-state index in [0.717, 1.165) is 9.18 Å². The highest BCUT2D eigenvalue weighted by Crippen LogP contribution is 2.39. The molecule has 1 aliphatic rings. The van der Waals surface area contributed by atoms with Crippen molar-refractivity contribution >= 4 is 38.2 Å². The summed E-state index contributed by atoms with van der Waals surface area (Å²) < 4.78 is 32.7. The van der Waals surface area contributed by atoms with Crippen LogP contribution in [-0.4, -0.2) is 40.8 Å². The standard InChI is InChI=1S/C20H18N4O5S2/c1-12-10-22-20(30-12)23-18(25)16-17(29-19(26)13-6-5-9-21-11-13)14-7-3-4-8-15(14)31(27,28)24(16)2/h3-11,19,26H,1-2H3,(H,22,23,25). The fourth-order valence-electron chi connectivity index (χ4n) is 3.05. The van der Waals surface area contributed by atoms with E-state index in [1.807, 2.05) is 6.92 Å². The third-order valence-corrected chi connectivity index (χ3v) is 7.20. The largest absolute Gasteiger partial charge is 0.458 e. The van der Waals surface area contributed by atoms with E-state index >= 15 is 0 Å². The number of carbonyl (C=O) groups excluding carboxylic acids is 1. The van der Waals surface area contributed by atoms with Crippen LogP contribution in [0.25, 0.3) is 5.76 Å². The first-order valence-corrected chi connectivity index (χ1v) is 11.4. The van der Waals surface area contributed by atoms with E-state index in [-0.39, 0.29) is 21.9 Å². The maximum absolute atomic E-state index is 13.1. The van der Waals surface area contributed by atoms with E-state index < -0.39 is 22.2 Å². The zero-order valence-electron chi connectivity index (χ0n) is 16.5. The molecule has 1 aliphatic heterocycles. The lowest BCUT2D eigenvalue weighted by molar-refractivity contribution is -0.114. The fourth-order valence-corrected chi connectivity index (χ4v) is 5.10. The van der Waals surface area contributed by atoms with Gasteiger partial charge in [-0.15, -0.1) is 11.3 Å². The number of nitrogens with one attached hydrogen (secondary N) is 1. The highest BCUT2D eigenvalue weighted by Gasteiger charge is 2.39. The molecule has 31 heavy (non-hydrogen) atoms. The summed E-state index contributed by atoms with van der Waals surface area (Å²) >= 11 is 1.25. The second-order valence-electron chi connectivity index (χ2n) is 6.63. The van der Waals surface area contributed by atoms with Gasteiger partial charge in [0.05, 0.1) is 4.90 Å². The predicted octanol–water partition coefficient (Wildman–Crippen LogP) is 2.50. The van der Waals surface area contributed by atoms with Gasteiger partial charge in [-0.05, 0) is 31.2 Å². The van der Waals surface area contributed by atoms with Crippen LogP contribution < -0.4 is 5.32 Å². The Hall–Kier alpha value is -3.28. The van der Waals surface area contributed by atoms with Crippen LogP contribution in [0.5, 0.6) is 0 Å². The minimum atomic E-state index is -4.01. The molecule has 1 atom stereocenters. The molecule has 1 amide bonds. The van der Waals surface area contributed by atoms with Crippen LogP contribution in [0.15, 0.2) is 65.6 Å². The van der Waals surface area contributed by atoms with Crippen molar-refractivity contribution in [3.8, 4) is 0 Å². The van der Waals surface area contributed by atoms with Crippen LogP contribution in [0.1, 0.15) is 22.3 Å². The Balaban J connectivity index is 1.84. The molecule has 160 valence electrons. The number of sulfonamides is 1. The van der Waals surface area contributed by atoms with Gasteiger partial charge in [-0.1, -0.05) is 12.1 Å². The Bertz CT molecular complexity index is 1270. The number of aromatic nitrogens is 2. The van der Waals surface area contributed by atoms with Crippen LogP contribution >= 0.6 is 11.3 Å². The molecule has 0 aliphatic carbocycles. The monoisotopic (exact) mass is 458 g/mol. The molecule has 1 unspecified atom stereocenters. The summed E-state index contributed by atoms with van der Waals surface area (Å²) in [5.41, 5.74) is 0.248. The van der Waals surface area contributed by atoms with Crippen molar-refractivity contribution in [2.24, 2.45) is 0 Å². The average Bonchev–Trinajstić information content (AvgIpc) is 3.17. The van der Waals surface area contributed by atoms with E-state index in [9.17, 15) is 18.3 Å². The first-order chi connectivity index (χ1) is 14.8. The molecule has 3 aromatic rings. The van der Waals surface area contributed by atoms with Gasteiger partial charge in [0.15, 0.2) is 16.6 Å². The highest BCUT2D eigenvalue weighted by molar-refractivity contribution is 7.89. The van der Waals surface area contributed by atoms with Crippen LogP contribution in [0, 0.1) is 6.92 Å². The Morgan fingerprint density at radius 1 is 1.23 bits per heavy atom. The number of hydrogen-bond donors (Lipinski definition) is 2. The predicted molar refractivity (Wildman–Crippen MR) is 114 cm³/mol. The van der Waals surface area contributed by atoms with E-state index in [2.05, 4.69) is 15.3 Å². The molecule has 3 heterocycles. The minimum absolute atomic E-state index is 0.0347. The molecular weight excluding hydrogens is 440 g/mol. The maximum Gasteiger partial charge on any atom is 0.278 e. The quantitative estimate of drug-likeness (QED) is 0.563. The number of benzene rings is 1. The second-order valence-corrected chi connectivity index (χ2v) is 9.81. The van der Waals surface area contributed by atoms with Crippen LogP contribution in [-0.2, 0) is 19.6 Å². The van der Waals surface area contributed by atoms with Gasteiger partial charge in [0.1, 0.15) is 0 Å².